The summed E-state index contributed by atoms with van der Waals surface area (Å²) in [6.07, 6.45) is 7.09. The van der Waals surface area contributed by atoms with E-state index in [9.17, 15) is 0 Å². The molecule has 0 aliphatic rings. The molecule has 1 atom stereocenters. The summed E-state index contributed by atoms with van der Waals surface area (Å²) in [5.74, 6) is 0. The third-order valence-corrected chi connectivity index (χ3v) is 2.47. The van der Waals surface area contributed by atoms with Crippen molar-refractivity contribution in [3.8, 4) is 0 Å². The van der Waals surface area contributed by atoms with Gasteiger partial charge in [-0.1, -0.05) is 18.6 Å². The van der Waals surface area contributed by atoms with Gasteiger partial charge in [-0.3, -0.25) is 4.98 Å². The van der Waals surface area contributed by atoms with Crippen LogP contribution in [0.3, 0.4) is 0 Å². The summed E-state index contributed by atoms with van der Waals surface area (Å²) in [5.41, 5.74) is 3.97. The number of nitrogens with zero attached hydrogens (tertiary/aromatic N) is 1. The van der Waals surface area contributed by atoms with Crippen molar-refractivity contribution in [3.05, 3.63) is 41.2 Å². The van der Waals surface area contributed by atoms with E-state index in [0.717, 1.165) is 6.42 Å². The lowest BCUT2D eigenvalue weighted by atomic mass is 9.99. The van der Waals surface area contributed by atoms with Gasteiger partial charge in [0, 0.05) is 12.4 Å². The van der Waals surface area contributed by atoms with Gasteiger partial charge in [0.05, 0.1) is 6.04 Å². The zero-order valence-electron chi connectivity index (χ0n) is 10.0. The van der Waals surface area contributed by atoms with Gasteiger partial charge in [-0.25, -0.2) is 0 Å². The normalized spacial score (nSPS) is 12.3. The second-order valence-corrected chi connectivity index (χ2v) is 3.94. The Kier molecular flexibility index (Phi) is 4.50. The van der Waals surface area contributed by atoms with E-state index < -0.39 is 0 Å². The van der Waals surface area contributed by atoms with E-state index in [4.69, 9.17) is 0 Å². The van der Waals surface area contributed by atoms with Gasteiger partial charge >= 0.3 is 0 Å². The Morgan fingerprint density at radius 3 is 2.80 bits per heavy atom. The number of rotatable bonds is 4. The third kappa shape index (κ3) is 3.17. The van der Waals surface area contributed by atoms with E-state index in [-0.39, 0.29) is 0 Å². The molecule has 0 fully saturated rings. The molecule has 1 rings (SSSR count). The smallest absolute Gasteiger partial charge is 0.0510 e. The van der Waals surface area contributed by atoms with Gasteiger partial charge in [0.15, 0.2) is 0 Å². The van der Waals surface area contributed by atoms with Crippen LogP contribution in [0.2, 0.25) is 0 Å². The molecule has 0 radical (unpaired) electrons. The molecule has 0 saturated carbocycles. The van der Waals surface area contributed by atoms with Crippen LogP contribution in [0.4, 0.5) is 0 Å². The van der Waals surface area contributed by atoms with Gasteiger partial charge in [0.25, 0.3) is 0 Å². The molecule has 2 nitrogen and oxygen atoms in total. The highest BCUT2D eigenvalue weighted by atomic mass is 14.9. The van der Waals surface area contributed by atoms with Crippen molar-refractivity contribution in [2.24, 2.45) is 0 Å². The SMILES string of the molecule is CCc1cnccc1C(C=C(C)C)NC. The molecular formula is C13H20N2. The quantitative estimate of drug-likeness (QED) is 0.763. The minimum Gasteiger partial charge on any atom is -0.310 e. The maximum Gasteiger partial charge on any atom is 0.0510 e. The summed E-state index contributed by atoms with van der Waals surface area (Å²) in [4.78, 5) is 4.16. The van der Waals surface area contributed by atoms with E-state index in [1.165, 1.54) is 16.7 Å². The molecule has 82 valence electrons. The summed E-state index contributed by atoms with van der Waals surface area (Å²) >= 11 is 0. The van der Waals surface area contributed by atoms with Gasteiger partial charge in [0.2, 0.25) is 0 Å². The molecule has 1 N–H and O–H groups in total. The average molecular weight is 204 g/mol. The number of allylic oxidation sites excluding steroid dienone is 1. The Morgan fingerprint density at radius 1 is 1.53 bits per heavy atom. The maximum atomic E-state index is 4.16. The largest absolute Gasteiger partial charge is 0.310 e. The molecule has 1 aromatic heterocycles. The highest BCUT2D eigenvalue weighted by Gasteiger charge is 2.09. The molecule has 15 heavy (non-hydrogen) atoms. The molecule has 1 unspecified atom stereocenters. The Bertz CT molecular complexity index is 338. The summed E-state index contributed by atoms with van der Waals surface area (Å²) in [7, 11) is 1.99. The summed E-state index contributed by atoms with van der Waals surface area (Å²) in [6.45, 7) is 6.41. The van der Waals surface area contributed by atoms with E-state index >= 15 is 0 Å². The number of pyridine rings is 1. The molecule has 0 aliphatic carbocycles. The molecule has 0 aromatic carbocycles. The zero-order valence-corrected chi connectivity index (χ0v) is 10.0. The van der Waals surface area contributed by atoms with Crippen LogP contribution in [0.1, 0.15) is 37.9 Å². The molecular weight excluding hydrogens is 184 g/mol. The van der Waals surface area contributed by atoms with E-state index in [0.29, 0.717) is 6.04 Å². The number of hydrogen-bond donors (Lipinski definition) is 1. The molecule has 0 bridgehead atoms. The van der Waals surface area contributed by atoms with E-state index in [2.05, 4.69) is 43.2 Å². The predicted octanol–water partition coefficient (Wildman–Crippen LogP) is 2.87. The highest BCUT2D eigenvalue weighted by Crippen LogP contribution is 2.19. The predicted molar refractivity (Wildman–Crippen MR) is 64.8 cm³/mol. The molecule has 1 heterocycles. The number of aryl methyl sites for hydroxylation is 1. The van der Waals surface area contributed by atoms with Gasteiger partial charge in [-0.2, -0.15) is 0 Å². The molecule has 2 heteroatoms. The minimum absolute atomic E-state index is 0.299. The van der Waals surface area contributed by atoms with Crippen molar-refractivity contribution in [2.45, 2.75) is 33.2 Å². The molecule has 1 aromatic rings. The lowest BCUT2D eigenvalue weighted by Crippen LogP contribution is -2.16. The third-order valence-electron chi connectivity index (χ3n) is 2.47. The number of nitrogens with one attached hydrogen (secondary N) is 1. The van der Waals surface area contributed by atoms with Crippen LogP contribution >= 0.6 is 0 Å². The van der Waals surface area contributed by atoms with Crippen LogP contribution < -0.4 is 5.32 Å². The first-order chi connectivity index (χ1) is 7.19. The van der Waals surface area contributed by atoms with Gasteiger partial charge < -0.3 is 5.32 Å². The Morgan fingerprint density at radius 2 is 2.27 bits per heavy atom. The number of aromatic nitrogens is 1. The molecule has 0 spiro atoms. The van der Waals surface area contributed by atoms with Crippen molar-refractivity contribution < 1.29 is 0 Å². The first kappa shape index (κ1) is 11.9. The first-order valence-electron chi connectivity index (χ1n) is 5.44. The van der Waals surface area contributed by atoms with E-state index in [1.807, 2.05) is 19.4 Å². The van der Waals surface area contributed by atoms with Crippen LogP contribution in [0.15, 0.2) is 30.1 Å². The molecule has 0 saturated heterocycles. The van der Waals surface area contributed by atoms with Gasteiger partial charge in [0.1, 0.15) is 0 Å². The fourth-order valence-electron chi connectivity index (χ4n) is 1.70. The van der Waals surface area contributed by atoms with Crippen molar-refractivity contribution in [1.82, 2.24) is 10.3 Å². The Labute approximate surface area is 92.4 Å². The number of hydrogen-bond acceptors (Lipinski definition) is 2. The lowest BCUT2D eigenvalue weighted by molar-refractivity contribution is 0.699. The molecule has 0 aliphatic heterocycles. The second kappa shape index (κ2) is 5.66. The summed E-state index contributed by atoms with van der Waals surface area (Å²) < 4.78 is 0. The summed E-state index contributed by atoms with van der Waals surface area (Å²) in [5, 5.41) is 3.32. The highest BCUT2D eigenvalue weighted by molar-refractivity contribution is 5.30. The lowest BCUT2D eigenvalue weighted by Gasteiger charge is -2.16. The van der Waals surface area contributed by atoms with Crippen molar-refractivity contribution in [2.75, 3.05) is 7.05 Å². The Hall–Kier alpha value is -1.15. The Balaban J connectivity index is 3.06. The van der Waals surface area contributed by atoms with Crippen LogP contribution in [0, 0.1) is 0 Å². The van der Waals surface area contributed by atoms with Crippen molar-refractivity contribution in [1.29, 1.82) is 0 Å². The van der Waals surface area contributed by atoms with Crippen LogP contribution in [0.5, 0.6) is 0 Å². The summed E-state index contributed by atoms with van der Waals surface area (Å²) in [6, 6.07) is 2.40. The van der Waals surface area contributed by atoms with Crippen LogP contribution in [0.25, 0.3) is 0 Å². The van der Waals surface area contributed by atoms with Crippen molar-refractivity contribution >= 4 is 0 Å². The standard InChI is InChI=1S/C13H20N2/c1-5-11-9-15-7-6-12(11)13(14-4)8-10(2)3/h6-9,13-14H,5H2,1-4H3. The van der Waals surface area contributed by atoms with Crippen molar-refractivity contribution in [3.63, 3.8) is 0 Å². The van der Waals surface area contributed by atoms with E-state index in [1.54, 1.807) is 0 Å². The number of likely N-dealkylation sites (N-methyl/N-ethyl adjacent to an activating group) is 1. The average Bonchev–Trinajstić information content (AvgIpc) is 2.25. The van der Waals surface area contributed by atoms with Gasteiger partial charge in [-0.05, 0) is 44.5 Å². The van der Waals surface area contributed by atoms with Gasteiger partial charge in [-0.15, -0.1) is 0 Å². The minimum atomic E-state index is 0.299. The topological polar surface area (TPSA) is 24.9 Å². The monoisotopic (exact) mass is 204 g/mol. The fourth-order valence-corrected chi connectivity index (χ4v) is 1.70. The fraction of sp³-hybridized carbons (Fsp3) is 0.462. The molecule has 0 amide bonds. The van der Waals surface area contributed by atoms with Crippen LogP contribution in [-0.4, -0.2) is 12.0 Å². The first-order valence-corrected chi connectivity index (χ1v) is 5.44. The zero-order chi connectivity index (χ0) is 11.3. The maximum absolute atomic E-state index is 4.16. The van der Waals surface area contributed by atoms with Crippen LogP contribution in [-0.2, 0) is 6.42 Å². The second-order valence-electron chi connectivity index (χ2n) is 3.94.